The van der Waals surface area contributed by atoms with E-state index in [9.17, 15) is 19.8 Å². The average Bonchev–Trinajstić information content (AvgIpc) is 2.57. The summed E-state index contributed by atoms with van der Waals surface area (Å²) in [7, 11) is 0. The molecule has 4 nitrogen and oxygen atoms in total. The molecule has 0 amide bonds. The molecular formula is C18H20GeO4. The molecule has 0 unspecified atom stereocenters. The summed E-state index contributed by atoms with van der Waals surface area (Å²) in [6.45, 7) is 3.81. The van der Waals surface area contributed by atoms with E-state index >= 15 is 0 Å². The van der Waals surface area contributed by atoms with Gasteiger partial charge in [0.15, 0.2) is 0 Å². The van der Waals surface area contributed by atoms with Gasteiger partial charge in [0.2, 0.25) is 0 Å². The Bertz CT molecular complexity index is 641. The number of phenolic OH excluding ortho intramolecular Hbond substituents is 2. The van der Waals surface area contributed by atoms with Crippen molar-refractivity contribution in [2.24, 2.45) is 0 Å². The van der Waals surface area contributed by atoms with E-state index in [1.165, 1.54) is 24.3 Å². The first-order chi connectivity index (χ1) is 10.9. The van der Waals surface area contributed by atoms with E-state index in [-0.39, 0.29) is 20.7 Å². The predicted molar refractivity (Wildman–Crippen MR) is 91.6 cm³/mol. The normalized spacial score (nSPS) is 11.2. The Labute approximate surface area is 138 Å². The van der Waals surface area contributed by atoms with Crippen molar-refractivity contribution in [2.75, 3.05) is 0 Å². The van der Waals surface area contributed by atoms with Crippen molar-refractivity contribution >= 4 is 22.5 Å². The van der Waals surface area contributed by atoms with Gasteiger partial charge in [-0.2, -0.15) is 0 Å². The Hall–Kier alpha value is -2.08. The standard InChI is InChI=1S/C18H20GeO4/c1-3-19(4-2,17(22)13-5-9-15(20)10-6-13)18(23)14-7-11-16(21)12-8-14/h5-12,20-21H,3-4H2,1-2H3. The SMILES string of the molecule is C[CH2][Ge]([CH2]C)([C](=O)c1ccc(O)cc1)[C](=O)c1ccc(O)cc1. The van der Waals surface area contributed by atoms with Crippen LogP contribution in [0.4, 0.5) is 0 Å². The first kappa shape index (κ1) is 17.3. The van der Waals surface area contributed by atoms with Gasteiger partial charge in [0.1, 0.15) is 0 Å². The Morgan fingerprint density at radius 3 is 1.30 bits per heavy atom. The molecule has 0 bridgehead atoms. The van der Waals surface area contributed by atoms with Crippen LogP contribution in [-0.2, 0) is 0 Å². The molecule has 2 rings (SSSR count). The molecule has 0 saturated heterocycles. The molecule has 5 heteroatoms. The zero-order chi connectivity index (χ0) is 17.0. The fraction of sp³-hybridized carbons (Fsp3) is 0.222. The third-order valence-corrected chi connectivity index (χ3v) is 14.3. The van der Waals surface area contributed by atoms with E-state index in [2.05, 4.69) is 0 Å². The molecular weight excluding hydrogens is 353 g/mol. The van der Waals surface area contributed by atoms with Crippen LogP contribution in [0.1, 0.15) is 34.6 Å². The minimum absolute atomic E-state index is 0.0620. The summed E-state index contributed by atoms with van der Waals surface area (Å²) < 4.78 is -0.124. The van der Waals surface area contributed by atoms with Gasteiger partial charge in [-0.1, -0.05) is 0 Å². The van der Waals surface area contributed by atoms with Crippen LogP contribution in [-0.4, -0.2) is 32.7 Å². The van der Waals surface area contributed by atoms with Gasteiger partial charge < -0.3 is 0 Å². The second-order valence-electron chi connectivity index (χ2n) is 5.54. The summed E-state index contributed by atoms with van der Waals surface area (Å²) in [5, 5.41) is 19.9. The molecule has 0 spiro atoms. The van der Waals surface area contributed by atoms with Crippen molar-refractivity contribution in [3.05, 3.63) is 59.7 Å². The van der Waals surface area contributed by atoms with Crippen LogP contribution in [0.2, 0.25) is 10.5 Å². The first-order valence-corrected chi connectivity index (χ1v) is 12.7. The third kappa shape index (κ3) is 3.32. The van der Waals surface area contributed by atoms with Crippen LogP contribution in [0.5, 0.6) is 11.5 Å². The Kier molecular flexibility index (Phi) is 5.26. The molecule has 0 radical (unpaired) electrons. The first-order valence-electron chi connectivity index (χ1n) is 7.62. The number of carbonyl (C=O) groups is 2. The van der Waals surface area contributed by atoms with Crippen LogP contribution in [0.25, 0.3) is 0 Å². The molecule has 0 heterocycles. The van der Waals surface area contributed by atoms with Gasteiger partial charge in [0, 0.05) is 0 Å². The van der Waals surface area contributed by atoms with Crippen molar-refractivity contribution in [2.45, 2.75) is 24.4 Å². The molecule has 0 aliphatic rings. The summed E-state index contributed by atoms with van der Waals surface area (Å²) in [6.07, 6.45) is 0. The fourth-order valence-corrected chi connectivity index (χ4v) is 9.97. The Morgan fingerprint density at radius 1 is 0.739 bits per heavy atom. The monoisotopic (exact) mass is 374 g/mol. The molecule has 120 valence electrons. The van der Waals surface area contributed by atoms with Crippen LogP contribution >= 0.6 is 0 Å². The quantitative estimate of drug-likeness (QED) is 0.757. The van der Waals surface area contributed by atoms with E-state index in [0.29, 0.717) is 21.6 Å². The number of carbonyl (C=O) groups excluding carboxylic acids is 2. The molecule has 2 N–H and O–H groups in total. The minimum atomic E-state index is -3.52. The fourth-order valence-electron chi connectivity index (χ4n) is 2.77. The third-order valence-electron chi connectivity index (χ3n) is 4.34. The summed E-state index contributed by atoms with van der Waals surface area (Å²) in [4.78, 5) is 26.1. The molecule has 0 aliphatic heterocycles. The molecule has 23 heavy (non-hydrogen) atoms. The summed E-state index contributed by atoms with van der Waals surface area (Å²) in [6, 6.07) is 12.2. The van der Waals surface area contributed by atoms with Crippen LogP contribution < -0.4 is 0 Å². The molecule has 2 aromatic carbocycles. The zero-order valence-corrected chi connectivity index (χ0v) is 15.3. The van der Waals surface area contributed by atoms with Crippen LogP contribution in [0, 0.1) is 0 Å². The van der Waals surface area contributed by atoms with Gasteiger partial charge in [-0.15, -0.1) is 0 Å². The van der Waals surface area contributed by atoms with Crippen molar-refractivity contribution in [1.29, 1.82) is 0 Å². The average molecular weight is 373 g/mol. The van der Waals surface area contributed by atoms with Gasteiger partial charge in [-0.25, -0.2) is 0 Å². The van der Waals surface area contributed by atoms with Crippen molar-refractivity contribution in [3.8, 4) is 11.5 Å². The number of rotatable bonds is 6. The van der Waals surface area contributed by atoms with E-state index in [1.807, 2.05) is 13.8 Å². The van der Waals surface area contributed by atoms with Crippen LogP contribution in [0.3, 0.4) is 0 Å². The van der Waals surface area contributed by atoms with Gasteiger partial charge in [0.25, 0.3) is 0 Å². The van der Waals surface area contributed by atoms with Gasteiger partial charge >= 0.3 is 138 Å². The molecule has 2 aromatic rings. The van der Waals surface area contributed by atoms with Gasteiger partial charge in [-0.05, 0) is 0 Å². The van der Waals surface area contributed by atoms with Crippen molar-refractivity contribution in [3.63, 3.8) is 0 Å². The number of hydrogen-bond acceptors (Lipinski definition) is 4. The molecule has 0 fully saturated rings. The zero-order valence-electron chi connectivity index (χ0n) is 13.2. The van der Waals surface area contributed by atoms with E-state index in [0.717, 1.165) is 0 Å². The molecule has 0 aliphatic carbocycles. The number of hydrogen-bond donors (Lipinski definition) is 2. The maximum absolute atomic E-state index is 13.1. The van der Waals surface area contributed by atoms with Crippen LogP contribution in [0.15, 0.2) is 48.5 Å². The Balaban J connectivity index is 2.45. The molecule has 0 atom stereocenters. The Morgan fingerprint density at radius 2 is 1.04 bits per heavy atom. The second kappa shape index (κ2) is 7.00. The van der Waals surface area contributed by atoms with Gasteiger partial charge in [-0.3, -0.25) is 0 Å². The summed E-state index contributed by atoms with van der Waals surface area (Å²) >= 11 is -3.52. The number of aromatic hydroxyl groups is 2. The maximum atomic E-state index is 13.1. The van der Waals surface area contributed by atoms with Crippen molar-refractivity contribution in [1.82, 2.24) is 0 Å². The van der Waals surface area contributed by atoms with E-state index < -0.39 is 13.3 Å². The molecule has 0 saturated carbocycles. The second-order valence-corrected chi connectivity index (χ2v) is 15.0. The topological polar surface area (TPSA) is 74.6 Å². The predicted octanol–water partition coefficient (Wildman–Crippen LogP) is 3.73. The van der Waals surface area contributed by atoms with Gasteiger partial charge in [0.05, 0.1) is 0 Å². The number of benzene rings is 2. The van der Waals surface area contributed by atoms with E-state index in [4.69, 9.17) is 0 Å². The molecule has 0 aromatic heterocycles. The van der Waals surface area contributed by atoms with E-state index in [1.54, 1.807) is 24.3 Å². The summed E-state index contributed by atoms with van der Waals surface area (Å²) in [5.41, 5.74) is 0.970. The number of phenols is 2. The van der Waals surface area contributed by atoms with Crippen molar-refractivity contribution < 1.29 is 19.8 Å². The summed E-state index contributed by atoms with van der Waals surface area (Å²) in [5.74, 6) is 0.190.